The van der Waals surface area contributed by atoms with Gasteiger partial charge in [-0.2, -0.15) is 0 Å². The van der Waals surface area contributed by atoms with Crippen molar-refractivity contribution < 1.29 is 0 Å². The molecular formula is C15H32. The van der Waals surface area contributed by atoms with E-state index in [0.29, 0.717) is 5.41 Å². The molecule has 0 aromatic carbocycles. The lowest BCUT2D eigenvalue weighted by molar-refractivity contribution is 0.300. The Balaban J connectivity index is 0. The molecule has 0 aromatic rings. The molecule has 0 N–H and O–H groups in total. The second-order valence-electron chi connectivity index (χ2n) is 4.80. The van der Waals surface area contributed by atoms with E-state index < -0.39 is 0 Å². The van der Waals surface area contributed by atoms with Crippen LogP contribution in [0.5, 0.6) is 0 Å². The van der Waals surface area contributed by atoms with Crippen LogP contribution < -0.4 is 0 Å². The lowest BCUT2D eigenvalue weighted by Gasteiger charge is -2.36. The van der Waals surface area contributed by atoms with Gasteiger partial charge in [-0.15, -0.1) is 0 Å². The molecule has 0 bridgehead atoms. The zero-order chi connectivity index (χ0) is 12.6. The molecule has 15 heavy (non-hydrogen) atoms. The molecule has 0 aromatic heterocycles. The van der Waals surface area contributed by atoms with Crippen molar-refractivity contribution in [2.24, 2.45) is 11.3 Å². The number of allylic oxidation sites excluding steroid dienone is 2. The first-order chi connectivity index (χ1) is 6.93. The fourth-order valence-electron chi connectivity index (χ4n) is 2.35. The minimum Gasteiger partial charge on any atom is -0.0736 e. The highest BCUT2D eigenvalue weighted by Crippen LogP contribution is 2.42. The van der Waals surface area contributed by atoms with E-state index in [9.17, 15) is 0 Å². The van der Waals surface area contributed by atoms with Crippen molar-refractivity contribution in [3.63, 3.8) is 0 Å². The third-order valence-electron chi connectivity index (χ3n) is 3.17. The summed E-state index contributed by atoms with van der Waals surface area (Å²) in [5.41, 5.74) is 3.70. The predicted octanol–water partition coefficient (Wildman–Crippen LogP) is 5.83. The highest BCUT2D eigenvalue weighted by atomic mass is 14.3. The summed E-state index contributed by atoms with van der Waals surface area (Å²) in [5.74, 6) is 0.883. The largest absolute Gasteiger partial charge is 0.0736 e. The van der Waals surface area contributed by atoms with Crippen molar-refractivity contribution in [3.8, 4) is 0 Å². The quantitative estimate of drug-likeness (QED) is 0.443. The van der Waals surface area contributed by atoms with Gasteiger partial charge < -0.3 is 0 Å². The van der Waals surface area contributed by atoms with Gasteiger partial charge in [-0.1, -0.05) is 59.6 Å². The zero-order valence-electron chi connectivity index (χ0n) is 12.5. The topological polar surface area (TPSA) is 0 Å². The molecule has 1 aliphatic rings. The Morgan fingerprint density at radius 2 is 1.40 bits per heavy atom. The third-order valence-corrected chi connectivity index (χ3v) is 3.17. The maximum Gasteiger partial charge on any atom is -0.0142 e. The van der Waals surface area contributed by atoms with Crippen LogP contribution in [0.3, 0.4) is 0 Å². The first kappa shape index (κ1) is 17.1. The van der Waals surface area contributed by atoms with E-state index >= 15 is 0 Å². The molecule has 1 rings (SSSR count). The zero-order valence-corrected chi connectivity index (χ0v) is 12.5. The van der Waals surface area contributed by atoms with Gasteiger partial charge in [0.15, 0.2) is 0 Å². The van der Waals surface area contributed by atoms with Gasteiger partial charge in [0.2, 0.25) is 0 Å². The molecule has 0 fully saturated rings. The summed E-state index contributed by atoms with van der Waals surface area (Å²) in [6.45, 7) is 19.7. The Kier molecular flexibility index (Phi) is 9.10. The average Bonchev–Trinajstić information content (AvgIpc) is 2.20. The number of hydrogen-bond donors (Lipinski definition) is 0. The number of hydrogen-bond acceptors (Lipinski definition) is 0. The van der Waals surface area contributed by atoms with Gasteiger partial charge in [-0.3, -0.25) is 0 Å². The second-order valence-corrected chi connectivity index (χ2v) is 4.80. The lowest BCUT2D eigenvalue weighted by atomic mass is 9.70. The predicted molar refractivity (Wildman–Crippen MR) is 73.2 cm³/mol. The molecule has 92 valence electrons. The van der Waals surface area contributed by atoms with E-state index in [0.717, 1.165) is 5.92 Å². The van der Waals surface area contributed by atoms with E-state index in [1.165, 1.54) is 12.8 Å². The minimum absolute atomic E-state index is 0.460. The van der Waals surface area contributed by atoms with E-state index in [1.807, 2.05) is 27.7 Å². The van der Waals surface area contributed by atoms with Gasteiger partial charge in [0, 0.05) is 0 Å². The Bertz CT molecular complexity index is 184. The summed E-state index contributed by atoms with van der Waals surface area (Å²) in [4.78, 5) is 0. The first-order valence-corrected chi connectivity index (χ1v) is 6.60. The van der Waals surface area contributed by atoms with E-state index in [-0.39, 0.29) is 0 Å². The fourth-order valence-corrected chi connectivity index (χ4v) is 2.35. The van der Waals surface area contributed by atoms with E-state index in [1.54, 1.807) is 11.1 Å². The Hall–Kier alpha value is -0.260. The maximum atomic E-state index is 2.36. The second kappa shape index (κ2) is 7.96. The van der Waals surface area contributed by atoms with Crippen LogP contribution in [0.2, 0.25) is 0 Å². The van der Waals surface area contributed by atoms with Crippen molar-refractivity contribution >= 4 is 0 Å². The normalized spacial score (nSPS) is 23.4. The minimum atomic E-state index is 0.460. The lowest BCUT2D eigenvalue weighted by Crippen LogP contribution is -2.23. The smallest absolute Gasteiger partial charge is 0.0142 e. The summed E-state index contributed by atoms with van der Waals surface area (Å²) < 4.78 is 0. The SMILES string of the molecule is CC.CC.CC1=C(C)C(C)(C)CC(C)C1. The fraction of sp³-hybridized carbons (Fsp3) is 0.867. The van der Waals surface area contributed by atoms with Gasteiger partial charge in [0.05, 0.1) is 0 Å². The monoisotopic (exact) mass is 212 g/mol. The molecule has 0 heteroatoms. The molecule has 0 heterocycles. The molecule has 1 atom stereocenters. The molecule has 0 radical (unpaired) electrons. The van der Waals surface area contributed by atoms with Crippen molar-refractivity contribution in [1.82, 2.24) is 0 Å². The van der Waals surface area contributed by atoms with Crippen LogP contribution in [0, 0.1) is 11.3 Å². The summed E-state index contributed by atoms with van der Waals surface area (Å²) in [7, 11) is 0. The van der Waals surface area contributed by atoms with Crippen LogP contribution in [-0.2, 0) is 0 Å². The maximum absolute atomic E-state index is 2.36. The van der Waals surface area contributed by atoms with Crippen LogP contribution in [-0.4, -0.2) is 0 Å². The molecule has 0 saturated carbocycles. The summed E-state index contributed by atoms with van der Waals surface area (Å²) in [6, 6.07) is 0. The van der Waals surface area contributed by atoms with Crippen LogP contribution in [0.1, 0.15) is 75.2 Å². The molecule has 0 saturated heterocycles. The van der Waals surface area contributed by atoms with Crippen LogP contribution >= 0.6 is 0 Å². The van der Waals surface area contributed by atoms with Crippen LogP contribution in [0.15, 0.2) is 11.1 Å². The Labute approximate surface area is 98.2 Å². The van der Waals surface area contributed by atoms with E-state index in [4.69, 9.17) is 0 Å². The average molecular weight is 212 g/mol. The highest BCUT2D eigenvalue weighted by Gasteiger charge is 2.28. The molecule has 1 unspecified atom stereocenters. The van der Waals surface area contributed by atoms with Crippen LogP contribution in [0.25, 0.3) is 0 Å². The van der Waals surface area contributed by atoms with E-state index in [2.05, 4.69) is 34.6 Å². The van der Waals surface area contributed by atoms with Gasteiger partial charge >= 0.3 is 0 Å². The molecule has 0 spiro atoms. The number of rotatable bonds is 0. The van der Waals surface area contributed by atoms with Crippen molar-refractivity contribution in [2.75, 3.05) is 0 Å². The molecule has 0 nitrogen and oxygen atoms in total. The summed E-state index contributed by atoms with van der Waals surface area (Å²) >= 11 is 0. The third kappa shape index (κ3) is 5.39. The van der Waals surface area contributed by atoms with Crippen molar-refractivity contribution in [3.05, 3.63) is 11.1 Å². The Morgan fingerprint density at radius 3 is 1.73 bits per heavy atom. The highest BCUT2D eigenvalue weighted by molar-refractivity contribution is 5.20. The van der Waals surface area contributed by atoms with Gasteiger partial charge in [0.25, 0.3) is 0 Å². The van der Waals surface area contributed by atoms with Crippen LogP contribution in [0.4, 0.5) is 0 Å². The van der Waals surface area contributed by atoms with Crippen molar-refractivity contribution in [2.45, 2.75) is 75.2 Å². The van der Waals surface area contributed by atoms with Gasteiger partial charge in [0.1, 0.15) is 0 Å². The van der Waals surface area contributed by atoms with Gasteiger partial charge in [-0.05, 0) is 38.0 Å². The standard InChI is InChI=1S/C11H20.2C2H6/c1-8-6-9(2)10(3)11(4,5)7-8;2*1-2/h8H,6-7H2,1-5H3;2*1-2H3. The summed E-state index contributed by atoms with van der Waals surface area (Å²) in [5, 5.41) is 0. The van der Waals surface area contributed by atoms with Gasteiger partial charge in [-0.25, -0.2) is 0 Å². The molecular weight excluding hydrogens is 180 g/mol. The first-order valence-electron chi connectivity index (χ1n) is 6.60. The molecule has 1 aliphatic carbocycles. The Morgan fingerprint density at radius 1 is 1.00 bits per heavy atom. The molecule has 0 aliphatic heterocycles. The molecule has 0 amide bonds. The summed E-state index contributed by atoms with van der Waals surface area (Å²) in [6.07, 6.45) is 2.67. The van der Waals surface area contributed by atoms with Crippen molar-refractivity contribution in [1.29, 1.82) is 0 Å².